The minimum absolute atomic E-state index is 0.0960. The van der Waals surface area contributed by atoms with Gasteiger partial charge < -0.3 is 15.3 Å². The number of hydrogen-bond acceptors (Lipinski definition) is 4. The lowest BCUT2D eigenvalue weighted by Crippen LogP contribution is -2.19. The van der Waals surface area contributed by atoms with Crippen molar-refractivity contribution in [3.05, 3.63) is 83.7 Å². The van der Waals surface area contributed by atoms with Gasteiger partial charge in [-0.3, -0.25) is 4.79 Å². The zero-order valence-corrected chi connectivity index (χ0v) is 18.6. The topological polar surface area (TPSA) is 90.7 Å². The van der Waals surface area contributed by atoms with Crippen LogP contribution in [-0.2, 0) is 4.79 Å². The van der Waals surface area contributed by atoms with Crippen molar-refractivity contribution >= 4 is 12.0 Å². The Morgan fingerprint density at radius 2 is 1.70 bits per heavy atom. The molecule has 0 radical (unpaired) electrons. The molecule has 1 aromatic heterocycles. The minimum Gasteiger partial charge on any atom is -0.481 e. The van der Waals surface area contributed by atoms with Crippen LogP contribution in [0, 0.1) is 5.82 Å². The molecule has 3 aromatic rings. The highest BCUT2D eigenvalue weighted by Gasteiger charge is 2.17. The van der Waals surface area contributed by atoms with E-state index < -0.39 is 24.6 Å². The molecule has 0 bridgehead atoms. The number of nitrogens with zero attached hydrogens (tertiary/aromatic N) is 1. The third-order valence-corrected chi connectivity index (χ3v) is 5.31. The predicted octanol–water partition coefficient (Wildman–Crippen LogP) is 5.28. The van der Waals surface area contributed by atoms with Gasteiger partial charge in [0.25, 0.3) is 0 Å². The van der Waals surface area contributed by atoms with Crippen LogP contribution in [0.3, 0.4) is 0 Å². The van der Waals surface area contributed by atoms with Crippen LogP contribution in [-0.4, -0.2) is 38.5 Å². The van der Waals surface area contributed by atoms with Crippen molar-refractivity contribution in [2.45, 2.75) is 44.8 Å². The van der Waals surface area contributed by atoms with Gasteiger partial charge in [-0.15, -0.1) is 0 Å². The number of pyridine rings is 1. The summed E-state index contributed by atoms with van der Waals surface area (Å²) in [6, 6.07) is 17.9. The van der Waals surface area contributed by atoms with Crippen LogP contribution in [0.4, 0.5) is 4.39 Å². The maximum absolute atomic E-state index is 13.6. The van der Waals surface area contributed by atoms with E-state index in [1.807, 2.05) is 36.4 Å². The van der Waals surface area contributed by atoms with Gasteiger partial charge in [0.2, 0.25) is 0 Å². The molecular formula is C27H28FNO4. The van der Waals surface area contributed by atoms with Crippen LogP contribution in [0.1, 0.15) is 43.7 Å². The minimum atomic E-state index is -1.15. The Hall–Kier alpha value is -3.35. The lowest BCUT2D eigenvalue weighted by molar-refractivity contribution is -0.139. The molecule has 6 heteroatoms. The largest absolute Gasteiger partial charge is 0.481 e. The highest BCUT2D eigenvalue weighted by molar-refractivity contribution is 5.78. The first-order valence-electron chi connectivity index (χ1n) is 10.9. The quantitative estimate of drug-likeness (QED) is 0.414. The van der Waals surface area contributed by atoms with Gasteiger partial charge >= 0.3 is 5.97 Å². The number of carbonyl (C=O) groups is 1. The van der Waals surface area contributed by atoms with Gasteiger partial charge in [-0.1, -0.05) is 56.3 Å². The van der Waals surface area contributed by atoms with E-state index in [9.17, 15) is 19.4 Å². The summed E-state index contributed by atoms with van der Waals surface area (Å²) in [5.41, 5.74) is 4.90. The highest BCUT2D eigenvalue weighted by Crippen LogP contribution is 2.34. The fourth-order valence-electron chi connectivity index (χ4n) is 3.66. The Morgan fingerprint density at radius 1 is 1.03 bits per heavy atom. The Bertz CT molecular complexity index is 1110. The number of rotatable bonds is 9. The molecule has 0 spiro atoms. The first-order chi connectivity index (χ1) is 15.7. The molecule has 0 saturated heterocycles. The molecule has 3 N–H and O–H groups in total. The monoisotopic (exact) mass is 449 g/mol. The fourth-order valence-corrected chi connectivity index (χ4v) is 3.66. The average Bonchev–Trinajstić information content (AvgIpc) is 2.77. The van der Waals surface area contributed by atoms with Crippen LogP contribution in [0.5, 0.6) is 0 Å². The second kappa shape index (κ2) is 11.0. The first-order valence-corrected chi connectivity index (χ1v) is 10.9. The molecule has 2 aromatic carbocycles. The van der Waals surface area contributed by atoms with Gasteiger partial charge in [0, 0.05) is 23.1 Å². The average molecular weight is 450 g/mol. The normalized spacial score (nSPS) is 13.4. The molecule has 172 valence electrons. The number of carboxylic acid groups (broad SMARTS) is 1. The van der Waals surface area contributed by atoms with Crippen LogP contribution in [0.2, 0.25) is 0 Å². The molecular weight excluding hydrogens is 421 g/mol. The highest BCUT2D eigenvalue weighted by atomic mass is 19.1. The molecule has 1 heterocycles. The van der Waals surface area contributed by atoms with Gasteiger partial charge in [-0.05, 0) is 41.8 Å². The van der Waals surface area contributed by atoms with E-state index in [0.29, 0.717) is 5.69 Å². The number of benzene rings is 2. The second-order valence-electron chi connectivity index (χ2n) is 8.30. The summed E-state index contributed by atoms with van der Waals surface area (Å²) >= 11 is 0. The number of aromatic nitrogens is 1. The van der Waals surface area contributed by atoms with E-state index in [0.717, 1.165) is 27.9 Å². The van der Waals surface area contributed by atoms with Crippen LogP contribution in [0.15, 0.2) is 66.7 Å². The standard InChI is InChI=1S/C27H28FNO4/c1-17(2)24-16-25(18-6-4-3-5-7-18)29-27(19-8-10-20(28)11-9-19)23(24)13-12-21(30)14-22(31)15-26(32)33/h3-13,16-17,21-22,30-31H,14-15H2,1-2H3,(H,32,33)/b13-12+/t21-,22-/m1/s1. The van der Waals surface area contributed by atoms with Gasteiger partial charge in [0.15, 0.2) is 0 Å². The summed E-state index contributed by atoms with van der Waals surface area (Å²) in [6.07, 6.45) is 0.561. The molecule has 0 unspecified atom stereocenters. The maximum Gasteiger partial charge on any atom is 0.305 e. The summed E-state index contributed by atoms with van der Waals surface area (Å²) in [5.74, 6) is -1.34. The Morgan fingerprint density at radius 3 is 2.30 bits per heavy atom. The molecule has 33 heavy (non-hydrogen) atoms. The van der Waals surface area contributed by atoms with Gasteiger partial charge in [0.05, 0.1) is 30.0 Å². The zero-order chi connectivity index (χ0) is 24.0. The van der Waals surface area contributed by atoms with Crippen molar-refractivity contribution in [2.75, 3.05) is 0 Å². The molecule has 5 nitrogen and oxygen atoms in total. The van der Waals surface area contributed by atoms with Gasteiger partial charge in [-0.25, -0.2) is 9.37 Å². The lowest BCUT2D eigenvalue weighted by atomic mass is 9.91. The van der Waals surface area contributed by atoms with Crippen molar-refractivity contribution in [1.29, 1.82) is 0 Å². The number of aliphatic hydroxyl groups is 2. The van der Waals surface area contributed by atoms with E-state index >= 15 is 0 Å². The van der Waals surface area contributed by atoms with E-state index in [2.05, 4.69) is 13.8 Å². The molecule has 0 amide bonds. The van der Waals surface area contributed by atoms with Crippen molar-refractivity contribution < 1.29 is 24.5 Å². The summed E-state index contributed by atoms with van der Waals surface area (Å²) in [7, 11) is 0. The summed E-state index contributed by atoms with van der Waals surface area (Å²) in [6.45, 7) is 4.12. The molecule has 0 fully saturated rings. The van der Waals surface area contributed by atoms with E-state index in [4.69, 9.17) is 10.1 Å². The SMILES string of the molecule is CC(C)c1cc(-c2ccccc2)nc(-c2ccc(F)cc2)c1/C=C/[C@@H](O)C[C@@H](O)CC(=O)O. The van der Waals surface area contributed by atoms with Gasteiger partial charge in [0.1, 0.15) is 5.82 Å². The third kappa shape index (κ3) is 6.57. The fraction of sp³-hybridized carbons (Fsp3) is 0.259. The van der Waals surface area contributed by atoms with E-state index in [1.165, 1.54) is 18.2 Å². The van der Waals surface area contributed by atoms with Gasteiger partial charge in [-0.2, -0.15) is 0 Å². The Labute approximate surface area is 192 Å². The van der Waals surface area contributed by atoms with Crippen molar-refractivity contribution in [1.82, 2.24) is 4.98 Å². The summed E-state index contributed by atoms with van der Waals surface area (Å²) < 4.78 is 13.6. The summed E-state index contributed by atoms with van der Waals surface area (Å²) in [4.78, 5) is 15.7. The van der Waals surface area contributed by atoms with Crippen molar-refractivity contribution in [3.63, 3.8) is 0 Å². The number of halogens is 1. The van der Waals surface area contributed by atoms with Crippen LogP contribution in [0.25, 0.3) is 28.6 Å². The maximum atomic E-state index is 13.6. The third-order valence-electron chi connectivity index (χ3n) is 5.31. The van der Waals surface area contributed by atoms with Crippen LogP contribution >= 0.6 is 0 Å². The smallest absolute Gasteiger partial charge is 0.305 e. The summed E-state index contributed by atoms with van der Waals surface area (Å²) in [5, 5.41) is 29.0. The second-order valence-corrected chi connectivity index (χ2v) is 8.30. The molecule has 3 rings (SSSR count). The van der Waals surface area contributed by atoms with Crippen molar-refractivity contribution in [3.8, 4) is 22.5 Å². The number of aliphatic carboxylic acids is 1. The molecule has 0 aliphatic heterocycles. The number of aliphatic hydroxyl groups excluding tert-OH is 2. The molecule has 0 saturated carbocycles. The Balaban J connectivity index is 2.08. The molecule has 0 aliphatic rings. The van der Waals surface area contributed by atoms with E-state index in [-0.39, 0.29) is 18.2 Å². The predicted molar refractivity (Wildman–Crippen MR) is 127 cm³/mol. The lowest BCUT2D eigenvalue weighted by Gasteiger charge is -2.18. The molecule has 0 aliphatic carbocycles. The first kappa shape index (κ1) is 24.3. The van der Waals surface area contributed by atoms with E-state index in [1.54, 1.807) is 18.2 Å². The Kier molecular flexibility index (Phi) is 8.09. The number of hydrogen-bond donors (Lipinski definition) is 3. The molecule has 2 atom stereocenters. The van der Waals surface area contributed by atoms with Crippen LogP contribution < -0.4 is 0 Å². The van der Waals surface area contributed by atoms with Crippen molar-refractivity contribution in [2.24, 2.45) is 0 Å². The number of carboxylic acids is 1. The zero-order valence-electron chi connectivity index (χ0n) is 18.6.